The fourth-order valence-electron chi connectivity index (χ4n) is 3.70. The molecular weight excluding hydrogens is 348 g/mol. The van der Waals surface area contributed by atoms with E-state index in [0.29, 0.717) is 41.6 Å². The van der Waals surface area contributed by atoms with Gasteiger partial charge in [-0.15, -0.1) is 11.3 Å². The molecule has 2 heterocycles. The van der Waals surface area contributed by atoms with Crippen LogP contribution in [0, 0.1) is 12.8 Å². The van der Waals surface area contributed by atoms with Crippen molar-refractivity contribution in [2.75, 3.05) is 12.3 Å². The Balaban J connectivity index is 1.80. The summed E-state index contributed by atoms with van der Waals surface area (Å²) in [5.74, 6) is 1.46. The van der Waals surface area contributed by atoms with Crippen molar-refractivity contribution in [3.05, 3.63) is 16.3 Å². The van der Waals surface area contributed by atoms with Crippen molar-refractivity contribution in [1.29, 1.82) is 0 Å². The summed E-state index contributed by atoms with van der Waals surface area (Å²) >= 11 is 1.33. The highest BCUT2D eigenvalue weighted by Crippen LogP contribution is 2.33. The van der Waals surface area contributed by atoms with E-state index in [4.69, 9.17) is 10.5 Å². The average Bonchev–Trinajstić information content (AvgIpc) is 2.80. The van der Waals surface area contributed by atoms with E-state index in [0.717, 1.165) is 15.8 Å². The summed E-state index contributed by atoms with van der Waals surface area (Å²) in [4.78, 5) is 22.6. The van der Waals surface area contributed by atoms with Gasteiger partial charge in [0.15, 0.2) is 0 Å². The largest absolute Gasteiger partial charge is 0.462 e. The van der Waals surface area contributed by atoms with Gasteiger partial charge in [-0.1, -0.05) is 26.2 Å². The van der Waals surface area contributed by atoms with E-state index < -0.39 is 0 Å². The van der Waals surface area contributed by atoms with Gasteiger partial charge in [0.25, 0.3) is 0 Å². The third-order valence-electron chi connectivity index (χ3n) is 5.21. The van der Waals surface area contributed by atoms with Gasteiger partial charge in [0, 0.05) is 6.04 Å². The lowest BCUT2D eigenvalue weighted by Gasteiger charge is -2.22. The Labute approximate surface area is 158 Å². The molecule has 142 valence electrons. The Hall–Kier alpha value is -1.73. The second-order valence-electron chi connectivity index (χ2n) is 7.08. The number of aromatic nitrogens is 2. The Morgan fingerprint density at radius 3 is 2.85 bits per heavy atom. The number of esters is 1. The molecule has 2 unspecified atom stereocenters. The van der Waals surface area contributed by atoms with Crippen LogP contribution in [0.15, 0.2) is 0 Å². The van der Waals surface area contributed by atoms with Crippen LogP contribution in [0.2, 0.25) is 0 Å². The predicted molar refractivity (Wildman–Crippen MR) is 105 cm³/mol. The van der Waals surface area contributed by atoms with E-state index >= 15 is 0 Å². The van der Waals surface area contributed by atoms with Crippen molar-refractivity contribution in [2.24, 2.45) is 5.92 Å². The van der Waals surface area contributed by atoms with Crippen LogP contribution in [-0.4, -0.2) is 28.6 Å². The number of ether oxygens (including phenoxy) is 1. The number of hydrogen-bond donors (Lipinski definition) is 2. The van der Waals surface area contributed by atoms with Crippen LogP contribution >= 0.6 is 11.3 Å². The minimum absolute atomic E-state index is 0.320. The van der Waals surface area contributed by atoms with Gasteiger partial charge in [-0.3, -0.25) is 0 Å². The minimum atomic E-state index is -0.320. The van der Waals surface area contributed by atoms with Gasteiger partial charge in [0.05, 0.1) is 18.5 Å². The number of nitrogens with one attached hydrogen (secondary N) is 1. The van der Waals surface area contributed by atoms with E-state index in [-0.39, 0.29) is 5.97 Å². The molecule has 3 rings (SSSR count). The standard InChI is InChI=1S/C19H28N4O2S/c1-4-25-19(24)16-12(3)15-17(20)22-14(23-18(15)26-16)10-21-13-9-7-5-6-8-11(13)2/h11,13,21H,4-10H2,1-3H3,(H2,20,22,23). The number of thiophene rings is 1. The highest BCUT2D eigenvalue weighted by molar-refractivity contribution is 7.20. The van der Waals surface area contributed by atoms with Crippen LogP contribution in [0.1, 0.15) is 67.0 Å². The Kier molecular flexibility index (Phi) is 6.09. The molecule has 2 aromatic rings. The molecule has 0 aliphatic heterocycles. The summed E-state index contributed by atoms with van der Waals surface area (Å²) in [5.41, 5.74) is 6.99. The quantitative estimate of drug-likeness (QED) is 0.609. The predicted octanol–water partition coefficient (Wildman–Crippen LogP) is 3.82. The van der Waals surface area contributed by atoms with Gasteiger partial charge >= 0.3 is 5.97 Å². The normalized spacial score (nSPS) is 20.9. The molecule has 3 N–H and O–H groups in total. The first-order valence-electron chi connectivity index (χ1n) is 9.47. The molecule has 2 aromatic heterocycles. The molecule has 0 radical (unpaired) electrons. The van der Waals surface area contributed by atoms with Crippen LogP contribution in [0.3, 0.4) is 0 Å². The number of nitrogens with two attached hydrogens (primary N) is 1. The van der Waals surface area contributed by atoms with Crippen LogP contribution in [-0.2, 0) is 11.3 Å². The van der Waals surface area contributed by atoms with Gasteiger partial charge in [-0.05, 0) is 38.2 Å². The van der Waals surface area contributed by atoms with Gasteiger partial charge in [0.1, 0.15) is 21.3 Å². The fraction of sp³-hybridized carbons (Fsp3) is 0.632. The Morgan fingerprint density at radius 2 is 2.08 bits per heavy atom. The SMILES string of the molecule is CCOC(=O)c1sc2nc(CNC3CCCCCC3C)nc(N)c2c1C. The number of aryl methyl sites for hydroxylation is 1. The third-order valence-corrected chi connectivity index (χ3v) is 6.37. The Bertz CT molecular complexity index is 789. The summed E-state index contributed by atoms with van der Waals surface area (Å²) in [6.07, 6.45) is 6.39. The molecule has 0 bridgehead atoms. The summed E-state index contributed by atoms with van der Waals surface area (Å²) in [7, 11) is 0. The first-order valence-corrected chi connectivity index (χ1v) is 10.3. The van der Waals surface area contributed by atoms with Crippen molar-refractivity contribution in [3.8, 4) is 0 Å². The minimum Gasteiger partial charge on any atom is -0.462 e. The molecule has 0 amide bonds. The number of nitrogen functional groups attached to an aromatic ring is 1. The van der Waals surface area contributed by atoms with E-state index in [9.17, 15) is 4.79 Å². The number of nitrogens with zero attached hydrogens (tertiary/aromatic N) is 2. The zero-order chi connectivity index (χ0) is 18.7. The van der Waals surface area contributed by atoms with Gasteiger partial charge in [-0.25, -0.2) is 14.8 Å². The van der Waals surface area contributed by atoms with Crippen molar-refractivity contribution < 1.29 is 9.53 Å². The van der Waals surface area contributed by atoms with E-state index in [1.165, 1.54) is 43.4 Å². The van der Waals surface area contributed by atoms with E-state index in [2.05, 4.69) is 22.2 Å². The molecule has 1 saturated carbocycles. The maximum atomic E-state index is 12.1. The second kappa shape index (κ2) is 8.31. The number of fused-ring (bicyclic) bond motifs is 1. The van der Waals surface area contributed by atoms with Crippen molar-refractivity contribution >= 4 is 33.3 Å². The number of rotatable bonds is 5. The highest BCUT2D eigenvalue weighted by atomic mass is 32.1. The van der Waals surface area contributed by atoms with Gasteiger partial charge in [-0.2, -0.15) is 0 Å². The molecule has 0 saturated heterocycles. The number of anilines is 1. The molecule has 2 atom stereocenters. The molecule has 0 aromatic carbocycles. The molecule has 6 nitrogen and oxygen atoms in total. The lowest BCUT2D eigenvalue weighted by Crippen LogP contribution is -2.34. The average molecular weight is 377 g/mol. The highest BCUT2D eigenvalue weighted by Gasteiger charge is 2.22. The lowest BCUT2D eigenvalue weighted by atomic mass is 9.97. The van der Waals surface area contributed by atoms with Crippen molar-refractivity contribution in [3.63, 3.8) is 0 Å². The molecule has 1 fully saturated rings. The Morgan fingerprint density at radius 1 is 1.31 bits per heavy atom. The zero-order valence-corrected chi connectivity index (χ0v) is 16.6. The fourth-order valence-corrected chi connectivity index (χ4v) is 4.81. The first-order chi connectivity index (χ1) is 12.5. The monoisotopic (exact) mass is 376 g/mol. The third kappa shape index (κ3) is 3.99. The lowest BCUT2D eigenvalue weighted by molar-refractivity contribution is 0.0531. The maximum Gasteiger partial charge on any atom is 0.348 e. The summed E-state index contributed by atoms with van der Waals surface area (Å²) in [6, 6.07) is 0.498. The number of carbonyl (C=O) groups is 1. The molecule has 1 aliphatic rings. The van der Waals surface area contributed by atoms with Crippen LogP contribution in [0.25, 0.3) is 10.2 Å². The van der Waals surface area contributed by atoms with Crippen LogP contribution in [0.5, 0.6) is 0 Å². The molecule has 1 aliphatic carbocycles. The molecule has 26 heavy (non-hydrogen) atoms. The van der Waals surface area contributed by atoms with E-state index in [1.54, 1.807) is 6.92 Å². The van der Waals surface area contributed by atoms with Gasteiger partial charge < -0.3 is 15.8 Å². The summed E-state index contributed by atoms with van der Waals surface area (Å²) in [5, 5.41) is 4.38. The van der Waals surface area contributed by atoms with Crippen molar-refractivity contribution in [1.82, 2.24) is 15.3 Å². The number of carbonyl (C=O) groups excluding carboxylic acids is 1. The molecule has 0 spiro atoms. The number of hydrogen-bond acceptors (Lipinski definition) is 7. The first kappa shape index (κ1) is 19.0. The maximum absolute atomic E-state index is 12.1. The van der Waals surface area contributed by atoms with Crippen LogP contribution in [0.4, 0.5) is 5.82 Å². The second-order valence-corrected chi connectivity index (χ2v) is 8.08. The van der Waals surface area contributed by atoms with E-state index in [1.807, 2.05) is 6.92 Å². The molecule has 7 heteroatoms. The summed E-state index contributed by atoms with van der Waals surface area (Å²) < 4.78 is 5.13. The van der Waals surface area contributed by atoms with Crippen molar-refractivity contribution in [2.45, 2.75) is 65.5 Å². The summed E-state index contributed by atoms with van der Waals surface area (Å²) in [6.45, 7) is 6.93. The molecular formula is C19H28N4O2S. The smallest absolute Gasteiger partial charge is 0.348 e. The topological polar surface area (TPSA) is 90.1 Å². The zero-order valence-electron chi connectivity index (χ0n) is 15.8. The van der Waals surface area contributed by atoms with Crippen LogP contribution < -0.4 is 11.1 Å². The van der Waals surface area contributed by atoms with Gasteiger partial charge in [0.2, 0.25) is 0 Å².